The lowest BCUT2D eigenvalue weighted by Gasteiger charge is -2.19. The lowest BCUT2D eigenvalue weighted by Crippen LogP contribution is -2.19. The Balaban J connectivity index is 1.51. The topological polar surface area (TPSA) is 67.4 Å². The first-order valence-corrected chi connectivity index (χ1v) is 13.0. The number of carbonyl (C=O) groups excluding carboxylic acids is 2. The van der Waals surface area contributed by atoms with E-state index in [2.05, 4.69) is 10.6 Å². The number of nitrogens with one attached hydrogen (secondary N) is 2. The van der Waals surface area contributed by atoms with Gasteiger partial charge in [-0.05, 0) is 59.7 Å². The standard InChI is InChI=1S/C29H24Cl2N2O3S/c1-36-26-15-14-22(31)17-25(26)33-29(35)28(20-6-3-2-4-7-20)37-24-9-5-8-23(18-24)32-27(34)16-19-10-12-21(30)13-11-19/h2-15,17-18,28H,16H2,1H3,(H,32,34)(H,33,35). The first-order valence-electron chi connectivity index (χ1n) is 11.4. The van der Waals surface area contributed by atoms with Crippen molar-refractivity contribution < 1.29 is 14.3 Å². The Morgan fingerprint density at radius 2 is 1.57 bits per heavy atom. The highest BCUT2D eigenvalue weighted by atomic mass is 35.5. The van der Waals surface area contributed by atoms with Crippen LogP contribution in [0.25, 0.3) is 0 Å². The van der Waals surface area contributed by atoms with E-state index >= 15 is 0 Å². The van der Waals surface area contributed by atoms with Gasteiger partial charge in [0.05, 0.1) is 19.2 Å². The van der Waals surface area contributed by atoms with Gasteiger partial charge in [-0.1, -0.05) is 71.7 Å². The van der Waals surface area contributed by atoms with Crippen LogP contribution in [0.5, 0.6) is 5.75 Å². The molecule has 4 aromatic carbocycles. The molecule has 0 saturated heterocycles. The molecule has 1 unspecified atom stereocenters. The van der Waals surface area contributed by atoms with Gasteiger partial charge in [0.25, 0.3) is 0 Å². The van der Waals surface area contributed by atoms with Crippen LogP contribution in [-0.2, 0) is 16.0 Å². The SMILES string of the molecule is COc1ccc(Cl)cc1NC(=O)C(Sc1cccc(NC(=O)Cc2ccc(Cl)cc2)c1)c1ccccc1. The Kier molecular flexibility index (Phi) is 9.12. The van der Waals surface area contributed by atoms with Crippen LogP contribution in [0.1, 0.15) is 16.4 Å². The molecule has 0 spiro atoms. The lowest BCUT2D eigenvalue weighted by atomic mass is 10.1. The number of benzene rings is 4. The number of hydrogen-bond donors (Lipinski definition) is 2. The minimum Gasteiger partial charge on any atom is -0.495 e. The summed E-state index contributed by atoms with van der Waals surface area (Å²) in [6.45, 7) is 0. The zero-order valence-electron chi connectivity index (χ0n) is 19.9. The Bertz CT molecular complexity index is 1380. The molecule has 0 radical (unpaired) electrons. The average Bonchev–Trinajstić information content (AvgIpc) is 2.89. The third-order valence-electron chi connectivity index (χ3n) is 5.41. The fourth-order valence-electron chi connectivity index (χ4n) is 3.65. The molecule has 4 rings (SSSR count). The molecule has 5 nitrogen and oxygen atoms in total. The van der Waals surface area contributed by atoms with Crippen molar-refractivity contribution in [3.8, 4) is 5.75 Å². The number of methoxy groups -OCH3 is 1. The minimum atomic E-state index is -0.565. The molecule has 0 fully saturated rings. The van der Waals surface area contributed by atoms with Gasteiger partial charge in [0.2, 0.25) is 11.8 Å². The van der Waals surface area contributed by atoms with E-state index in [1.54, 1.807) is 30.3 Å². The van der Waals surface area contributed by atoms with Crippen molar-refractivity contribution in [1.82, 2.24) is 0 Å². The van der Waals surface area contributed by atoms with E-state index in [4.69, 9.17) is 27.9 Å². The largest absolute Gasteiger partial charge is 0.495 e. The molecule has 37 heavy (non-hydrogen) atoms. The minimum absolute atomic E-state index is 0.144. The molecule has 188 valence electrons. The monoisotopic (exact) mass is 550 g/mol. The van der Waals surface area contributed by atoms with Crippen molar-refractivity contribution in [3.63, 3.8) is 0 Å². The fraction of sp³-hybridized carbons (Fsp3) is 0.103. The molecule has 0 aliphatic carbocycles. The number of amides is 2. The van der Waals surface area contributed by atoms with E-state index in [1.807, 2.05) is 66.7 Å². The summed E-state index contributed by atoms with van der Waals surface area (Å²) in [5.41, 5.74) is 2.84. The van der Waals surface area contributed by atoms with Gasteiger partial charge in [-0.25, -0.2) is 0 Å². The van der Waals surface area contributed by atoms with Gasteiger partial charge in [-0.2, -0.15) is 0 Å². The van der Waals surface area contributed by atoms with Crippen LogP contribution in [0.4, 0.5) is 11.4 Å². The number of thioether (sulfide) groups is 1. The predicted octanol–water partition coefficient (Wildman–Crippen LogP) is 7.66. The van der Waals surface area contributed by atoms with E-state index in [0.717, 1.165) is 16.0 Å². The van der Waals surface area contributed by atoms with E-state index in [0.29, 0.717) is 27.2 Å². The number of halogens is 2. The number of ether oxygens (including phenoxy) is 1. The smallest absolute Gasteiger partial charge is 0.242 e. The maximum atomic E-state index is 13.5. The van der Waals surface area contributed by atoms with Crippen LogP contribution < -0.4 is 15.4 Å². The Hall–Kier alpha value is -3.45. The zero-order chi connectivity index (χ0) is 26.2. The number of hydrogen-bond acceptors (Lipinski definition) is 4. The second-order valence-corrected chi connectivity index (χ2v) is 10.2. The summed E-state index contributed by atoms with van der Waals surface area (Å²) in [6.07, 6.45) is 0.227. The molecule has 2 amide bonds. The van der Waals surface area contributed by atoms with Crippen molar-refractivity contribution in [3.05, 3.63) is 118 Å². The first kappa shape index (κ1) is 26.6. The van der Waals surface area contributed by atoms with Gasteiger partial charge < -0.3 is 15.4 Å². The van der Waals surface area contributed by atoms with Crippen molar-refractivity contribution in [2.45, 2.75) is 16.6 Å². The molecule has 0 bridgehead atoms. The highest BCUT2D eigenvalue weighted by Gasteiger charge is 2.23. The number of anilines is 2. The zero-order valence-corrected chi connectivity index (χ0v) is 22.2. The van der Waals surface area contributed by atoms with Crippen LogP contribution in [0.3, 0.4) is 0 Å². The van der Waals surface area contributed by atoms with Crippen molar-refractivity contribution in [1.29, 1.82) is 0 Å². The average molecular weight is 551 g/mol. The van der Waals surface area contributed by atoms with Gasteiger partial charge in [-0.3, -0.25) is 9.59 Å². The van der Waals surface area contributed by atoms with Gasteiger partial charge in [0, 0.05) is 20.6 Å². The first-order chi connectivity index (χ1) is 17.9. The third-order valence-corrected chi connectivity index (χ3v) is 7.14. The Morgan fingerprint density at radius 1 is 0.838 bits per heavy atom. The van der Waals surface area contributed by atoms with Crippen LogP contribution in [0.2, 0.25) is 10.0 Å². The molecule has 0 saturated carbocycles. The van der Waals surface area contributed by atoms with Crippen LogP contribution in [0.15, 0.2) is 102 Å². The highest BCUT2D eigenvalue weighted by Crippen LogP contribution is 2.38. The Labute approximate surface area is 230 Å². The predicted molar refractivity (Wildman–Crippen MR) is 152 cm³/mol. The summed E-state index contributed by atoms with van der Waals surface area (Å²) in [7, 11) is 1.54. The molecule has 0 aliphatic rings. The fourth-order valence-corrected chi connectivity index (χ4v) is 5.03. The van der Waals surface area contributed by atoms with E-state index < -0.39 is 5.25 Å². The van der Waals surface area contributed by atoms with Crippen molar-refractivity contribution in [2.24, 2.45) is 0 Å². The van der Waals surface area contributed by atoms with E-state index in [-0.39, 0.29) is 18.2 Å². The summed E-state index contributed by atoms with van der Waals surface area (Å²) >= 11 is 13.5. The summed E-state index contributed by atoms with van der Waals surface area (Å²) in [6, 6.07) is 29.2. The lowest BCUT2D eigenvalue weighted by molar-refractivity contribution is -0.116. The van der Waals surface area contributed by atoms with Gasteiger partial charge >= 0.3 is 0 Å². The maximum absolute atomic E-state index is 13.5. The van der Waals surface area contributed by atoms with Gasteiger partial charge in [-0.15, -0.1) is 11.8 Å². The number of carbonyl (C=O) groups is 2. The van der Waals surface area contributed by atoms with Crippen molar-refractivity contribution in [2.75, 3.05) is 17.7 Å². The van der Waals surface area contributed by atoms with Gasteiger partial charge in [0.15, 0.2) is 0 Å². The van der Waals surface area contributed by atoms with Crippen LogP contribution in [0, 0.1) is 0 Å². The summed E-state index contributed by atoms with van der Waals surface area (Å²) in [5.74, 6) is 0.142. The third kappa shape index (κ3) is 7.52. The second-order valence-electron chi connectivity index (χ2n) is 8.12. The molecule has 8 heteroatoms. The van der Waals surface area contributed by atoms with E-state index in [9.17, 15) is 9.59 Å². The Morgan fingerprint density at radius 3 is 2.30 bits per heavy atom. The molecule has 0 aliphatic heterocycles. The molecule has 2 N–H and O–H groups in total. The molecule has 4 aromatic rings. The normalized spacial score (nSPS) is 11.4. The molecular formula is C29H24Cl2N2O3S. The number of rotatable bonds is 9. The van der Waals surface area contributed by atoms with Gasteiger partial charge in [0.1, 0.15) is 11.0 Å². The van der Waals surface area contributed by atoms with E-state index in [1.165, 1.54) is 18.9 Å². The molecule has 1 atom stereocenters. The van der Waals surface area contributed by atoms with Crippen LogP contribution in [-0.4, -0.2) is 18.9 Å². The highest BCUT2D eigenvalue weighted by molar-refractivity contribution is 8.00. The molecular weight excluding hydrogens is 527 g/mol. The van der Waals surface area contributed by atoms with Crippen LogP contribution >= 0.6 is 35.0 Å². The summed E-state index contributed by atoms with van der Waals surface area (Å²) in [5, 5.41) is 6.43. The second kappa shape index (κ2) is 12.7. The summed E-state index contributed by atoms with van der Waals surface area (Å²) in [4.78, 5) is 26.9. The quantitative estimate of drug-likeness (QED) is 0.210. The summed E-state index contributed by atoms with van der Waals surface area (Å²) < 4.78 is 5.38. The maximum Gasteiger partial charge on any atom is 0.242 e. The van der Waals surface area contributed by atoms with Crippen molar-refractivity contribution >= 4 is 58.2 Å². The molecule has 0 heterocycles. The molecule has 0 aromatic heterocycles.